The van der Waals surface area contributed by atoms with Gasteiger partial charge in [0.05, 0.1) is 5.52 Å². The van der Waals surface area contributed by atoms with Gasteiger partial charge in [-0.2, -0.15) is 0 Å². The summed E-state index contributed by atoms with van der Waals surface area (Å²) >= 11 is 8.16. The van der Waals surface area contributed by atoms with Gasteiger partial charge in [0.15, 0.2) is 5.16 Å². The lowest BCUT2D eigenvalue weighted by Crippen LogP contribution is -1.96. The molecule has 0 amide bonds. The molecule has 1 aliphatic rings. The minimum Gasteiger partial charge on any atom is -0.323 e. The number of halogens is 1. The van der Waals surface area contributed by atoms with Crippen LogP contribution in [-0.4, -0.2) is 14.5 Å². The van der Waals surface area contributed by atoms with E-state index < -0.39 is 0 Å². The summed E-state index contributed by atoms with van der Waals surface area (Å²) in [6, 6.07) is 7.08. The topological polar surface area (TPSA) is 30.7 Å². The van der Waals surface area contributed by atoms with Crippen LogP contribution in [0.4, 0.5) is 0 Å². The van der Waals surface area contributed by atoms with E-state index >= 15 is 0 Å². The van der Waals surface area contributed by atoms with Gasteiger partial charge in [0.25, 0.3) is 0 Å². The van der Waals surface area contributed by atoms with Gasteiger partial charge in [-0.3, -0.25) is 0 Å². The second-order valence-corrected chi connectivity index (χ2v) is 7.45. The number of fused-ring (bicyclic) bond motifs is 1. The molecule has 0 radical (unpaired) electrons. The number of pyridine rings is 1. The Bertz CT molecular complexity index is 883. The lowest BCUT2D eigenvalue weighted by Gasteiger charge is -2.10. The Hall–Kier alpha value is -1.52. The van der Waals surface area contributed by atoms with Crippen LogP contribution in [0, 0.1) is 13.8 Å². The predicted molar refractivity (Wildman–Crippen MR) is 96.3 cm³/mol. The monoisotopic (exact) mass is 343 g/mol. The van der Waals surface area contributed by atoms with Crippen molar-refractivity contribution in [2.45, 2.75) is 43.6 Å². The standard InChI is InChI=1S/C18H18ClN3S/c1-11-3-4-13-9-14(17(19)21-16(13)12(11)2)10-23-18-20-7-8-22(18)15-5-6-15/h3-4,7-9,15H,5-6,10H2,1-2H3. The number of aryl methyl sites for hydroxylation is 2. The molecule has 0 spiro atoms. The summed E-state index contributed by atoms with van der Waals surface area (Å²) in [5.74, 6) is 0.790. The van der Waals surface area contributed by atoms with Crippen LogP contribution in [0.1, 0.15) is 35.6 Å². The molecule has 0 saturated heterocycles. The van der Waals surface area contributed by atoms with Gasteiger partial charge in [-0.05, 0) is 43.9 Å². The van der Waals surface area contributed by atoms with E-state index in [4.69, 9.17) is 11.6 Å². The molecule has 23 heavy (non-hydrogen) atoms. The van der Waals surface area contributed by atoms with Gasteiger partial charge in [-0.15, -0.1) is 0 Å². The van der Waals surface area contributed by atoms with Crippen LogP contribution in [-0.2, 0) is 5.75 Å². The van der Waals surface area contributed by atoms with Gasteiger partial charge in [-0.25, -0.2) is 9.97 Å². The molecular formula is C18H18ClN3S. The molecule has 0 N–H and O–H groups in total. The van der Waals surface area contributed by atoms with Crippen molar-refractivity contribution in [3.63, 3.8) is 0 Å². The second-order valence-electron chi connectivity index (χ2n) is 6.15. The molecule has 0 atom stereocenters. The van der Waals surface area contributed by atoms with E-state index in [0.29, 0.717) is 11.2 Å². The number of rotatable bonds is 4. The summed E-state index contributed by atoms with van der Waals surface area (Å²) in [6.45, 7) is 4.20. The molecule has 1 aromatic carbocycles. The van der Waals surface area contributed by atoms with Gasteiger partial charge in [0, 0.05) is 35.1 Å². The fourth-order valence-electron chi connectivity index (χ4n) is 2.79. The fourth-order valence-corrected chi connectivity index (χ4v) is 4.07. The summed E-state index contributed by atoms with van der Waals surface area (Å²) < 4.78 is 2.28. The fraction of sp³-hybridized carbons (Fsp3) is 0.333. The number of thioether (sulfide) groups is 1. The van der Waals surface area contributed by atoms with Crippen molar-refractivity contribution in [2.75, 3.05) is 0 Å². The molecule has 2 aromatic heterocycles. The summed E-state index contributed by atoms with van der Waals surface area (Å²) in [5, 5.41) is 2.82. The first kappa shape index (κ1) is 15.0. The van der Waals surface area contributed by atoms with E-state index in [1.165, 1.54) is 24.0 Å². The highest BCUT2D eigenvalue weighted by Crippen LogP contribution is 2.38. The summed E-state index contributed by atoms with van der Waals surface area (Å²) in [5.41, 5.74) is 4.52. The van der Waals surface area contributed by atoms with Crippen molar-refractivity contribution >= 4 is 34.3 Å². The average Bonchev–Trinajstić information content (AvgIpc) is 3.28. The van der Waals surface area contributed by atoms with Crippen LogP contribution in [0.25, 0.3) is 10.9 Å². The first-order chi connectivity index (χ1) is 11.1. The Balaban J connectivity index is 1.62. The van der Waals surface area contributed by atoms with Crippen LogP contribution in [0.3, 0.4) is 0 Å². The lowest BCUT2D eigenvalue weighted by atomic mass is 10.0. The third-order valence-electron chi connectivity index (χ3n) is 4.47. The largest absolute Gasteiger partial charge is 0.323 e. The minimum absolute atomic E-state index is 0.600. The molecule has 3 nitrogen and oxygen atoms in total. The molecule has 1 fully saturated rings. The second kappa shape index (κ2) is 5.84. The van der Waals surface area contributed by atoms with Gasteiger partial charge in [0.2, 0.25) is 0 Å². The van der Waals surface area contributed by atoms with Crippen molar-refractivity contribution in [3.05, 3.63) is 52.4 Å². The van der Waals surface area contributed by atoms with E-state index in [1.807, 2.05) is 6.20 Å². The van der Waals surface area contributed by atoms with Crippen LogP contribution in [0.15, 0.2) is 35.7 Å². The Morgan fingerprint density at radius 1 is 1.30 bits per heavy atom. The molecule has 3 aromatic rings. The van der Waals surface area contributed by atoms with Crippen molar-refractivity contribution in [2.24, 2.45) is 0 Å². The van der Waals surface area contributed by atoms with Gasteiger partial charge in [0.1, 0.15) is 5.15 Å². The van der Waals surface area contributed by atoms with Crippen molar-refractivity contribution < 1.29 is 0 Å². The quantitative estimate of drug-likeness (QED) is 0.474. The SMILES string of the molecule is Cc1ccc2cc(CSc3nccn3C3CC3)c(Cl)nc2c1C. The van der Waals surface area contributed by atoms with Crippen molar-refractivity contribution in [3.8, 4) is 0 Å². The Morgan fingerprint density at radius 3 is 2.91 bits per heavy atom. The minimum atomic E-state index is 0.600. The van der Waals surface area contributed by atoms with E-state index in [2.05, 4.69) is 52.8 Å². The van der Waals surface area contributed by atoms with Gasteiger partial charge < -0.3 is 4.57 Å². The lowest BCUT2D eigenvalue weighted by molar-refractivity contribution is 0.663. The number of aromatic nitrogens is 3. The molecule has 0 aliphatic heterocycles. The van der Waals surface area contributed by atoms with Crippen molar-refractivity contribution in [1.82, 2.24) is 14.5 Å². The van der Waals surface area contributed by atoms with Crippen LogP contribution >= 0.6 is 23.4 Å². The molecule has 2 heterocycles. The molecule has 1 saturated carbocycles. The highest BCUT2D eigenvalue weighted by atomic mass is 35.5. The van der Waals surface area contributed by atoms with E-state index in [1.54, 1.807) is 11.8 Å². The highest BCUT2D eigenvalue weighted by molar-refractivity contribution is 7.98. The number of hydrogen-bond acceptors (Lipinski definition) is 3. The molecule has 4 rings (SSSR count). The van der Waals surface area contributed by atoms with E-state index in [-0.39, 0.29) is 0 Å². The van der Waals surface area contributed by atoms with Crippen LogP contribution in [0.2, 0.25) is 5.15 Å². The normalized spacial score (nSPS) is 14.6. The Morgan fingerprint density at radius 2 is 2.13 bits per heavy atom. The first-order valence-electron chi connectivity index (χ1n) is 7.84. The third-order valence-corrected chi connectivity index (χ3v) is 5.82. The zero-order valence-electron chi connectivity index (χ0n) is 13.2. The summed E-state index contributed by atoms with van der Waals surface area (Å²) in [4.78, 5) is 9.10. The summed E-state index contributed by atoms with van der Waals surface area (Å²) in [7, 11) is 0. The van der Waals surface area contributed by atoms with Crippen LogP contribution < -0.4 is 0 Å². The summed E-state index contributed by atoms with van der Waals surface area (Å²) in [6.07, 6.45) is 6.49. The number of nitrogens with zero attached hydrogens (tertiary/aromatic N) is 3. The highest BCUT2D eigenvalue weighted by Gasteiger charge is 2.25. The molecule has 1 aliphatic carbocycles. The molecule has 0 bridgehead atoms. The predicted octanol–water partition coefficient (Wildman–Crippen LogP) is 5.33. The van der Waals surface area contributed by atoms with Crippen LogP contribution in [0.5, 0.6) is 0 Å². The number of hydrogen-bond donors (Lipinski definition) is 0. The molecule has 0 unspecified atom stereocenters. The Labute approximate surface area is 145 Å². The average molecular weight is 344 g/mol. The Kier molecular flexibility index (Phi) is 3.82. The smallest absolute Gasteiger partial charge is 0.168 e. The molecule has 118 valence electrons. The maximum Gasteiger partial charge on any atom is 0.168 e. The maximum absolute atomic E-state index is 6.43. The number of imidazole rings is 1. The van der Waals surface area contributed by atoms with E-state index in [0.717, 1.165) is 27.4 Å². The zero-order chi connectivity index (χ0) is 16.0. The molecule has 5 heteroatoms. The third kappa shape index (κ3) is 2.86. The van der Waals surface area contributed by atoms with Gasteiger partial charge >= 0.3 is 0 Å². The van der Waals surface area contributed by atoms with E-state index in [9.17, 15) is 0 Å². The van der Waals surface area contributed by atoms with Gasteiger partial charge in [-0.1, -0.05) is 35.5 Å². The maximum atomic E-state index is 6.43. The first-order valence-corrected chi connectivity index (χ1v) is 9.21. The number of benzene rings is 1. The zero-order valence-corrected chi connectivity index (χ0v) is 14.8. The van der Waals surface area contributed by atoms with Crippen molar-refractivity contribution in [1.29, 1.82) is 0 Å². The molecular weight excluding hydrogens is 326 g/mol.